The van der Waals surface area contributed by atoms with Crippen molar-refractivity contribution in [3.8, 4) is 16.9 Å². The second-order valence-corrected chi connectivity index (χ2v) is 9.56. The zero-order valence-electron chi connectivity index (χ0n) is 20.1. The molecular weight excluding hydrogens is 441 g/mol. The molecule has 1 N–H and O–H groups in total. The van der Waals surface area contributed by atoms with Gasteiger partial charge in [0.25, 0.3) is 5.91 Å². The molecule has 6 nitrogen and oxygen atoms in total. The lowest BCUT2D eigenvalue weighted by atomic mass is 10.1. The number of aromatic nitrogens is 4. The molecule has 0 aliphatic carbocycles. The summed E-state index contributed by atoms with van der Waals surface area (Å²) in [6, 6.07) is 21.6. The number of anilines is 1. The Labute approximate surface area is 203 Å². The number of carbonyl (C=O) groups is 1. The van der Waals surface area contributed by atoms with Crippen molar-refractivity contribution in [2.75, 3.05) is 5.32 Å². The van der Waals surface area contributed by atoms with Gasteiger partial charge in [-0.2, -0.15) is 5.10 Å². The van der Waals surface area contributed by atoms with Crippen molar-refractivity contribution < 1.29 is 9.18 Å². The maximum Gasteiger partial charge on any atom is 0.256 e. The van der Waals surface area contributed by atoms with Crippen LogP contribution in [0.2, 0.25) is 0 Å². The van der Waals surface area contributed by atoms with Crippen molar-refractivity contribution in [1.82, 2.24) is 19.3 Å². The number of hydrogen-bond acceptors (Lipinski definition) is 3. The van der Waals surface area contributed by atoms with Crippen LogP contribution in [0.5, 0.6) is 0 Å². The van der Waals surface area contributed by atoms with Crippen LogP contribution in [0.1, 0.15) is 36.7 Å². The Kier molecular flexibility index (Phi) is 5.47. The van der Waals surface area contributed by atoms with Crippen molar-refractivity contribution in [2.24, 2.45) is 0 Å². The Balaban J connectivity index is 1.47. The molecule has 0 spiro atoms. The average molecular weight is 468 g/mol. The van der Waals surface area contributed by atoms with Gasteiger partial charge in [0, 0.05) is 17.2 Å². The van der Waals surface area contributed by atoms with E-state index in [4.69, 9.17) is 5.10 Å². The van der Waals surface area contributed by atoms with E-state index in [1.54, 1.807) is 29.1 Å². The number of halogens is 1. The lowest BCUT2D eigenvalue weighted by Crippen LogP contribution is -2.26. The quantitative estimate of drug-likeness (QED) is 0.335. The lowest BCUT2D eigenvalue weighted by molar-refractivity contribution is 0.102. The van der Waals surface area contributed by atoms with Crippen LogP contribution in [0.4, 0.5) is 10.2 Å². The standard InChI is InChI=1S/C28H26FN5O/c1-18-8-5-6-11-22(18)23-16-26(34(32-23)28(2,3)4)31-27(35)19-12-13-25-24(14-19)30-17-33(25)21-10-7-9-20(29)15-21/h5-17H,1-4H3,(H,31,35). The third-order valence-electron chi connectivity index (χ3n) is 5.90. The van der Waals surface area contributed by atoms with Gasteiger partial charge in [-0.3, -0.25) is 9.36 Å². The molecule has 2 heterocycles. The largest absolute Gasteiger partial charge is 0.307 e. The minimum atomic E-state index is -0.336. The Morgan fingerprint density at radius 3 is 2.51 bits per heavy atom. The number of nitrogens with zero attached hydrogens (tertiary/aromatic N) is 4. The van der Waals surface area contributed by atoms with Gasteiger partial charge < -0.3 is 5.32 Å². The summed E-state index contributed by atoms with van der Waals surface area (Å²) in [5, 5.41) is 7.84. The van der Waals surface area contributed by atoms with E-state index in [2.05, 4.69) is 10.3 Å². The molecule has 2 aromatic heterocycles. The summed E-state index contributed by atoms with van der Waals surface area (Å²) in [6.45, 7) is 8.18. The average Bonchev–Trinajstić information content (AvgIpc) is 3.43. The molecule has 0 unspecified atom stereocenters. The first-order valence-electron chi connectivity index (χ1n) is 11.4. The molecular formula is C28H26FN5O. The van der Waals surface area contributed by atoms with Crippen molar-refractivity contribution in [1.29, 1.82) is 0 Å². The Morgan fingerprint density at radius 2 is 1.77 bits per heavy atom. The molecule has 0 fully saturated rings. The molecule has 5 aromatic rings. The summed E-state index contributed by atoms with van der Waals surface area (Å²) in [7, 11) is 0. The molecule has 0 aliphatic heterocycles. The number of benzene rings is 3. The normalized spacial score (nSPS) is 11.7. The van der Waals surface area contributed by atoms with Crippen LogP contribution in [0.15, 0.2) is 79.1 Å². The number of imidazole rings is 1. The van der Waals surface area contributed by atoms with E-state index in [1.165, 1.54) is 12.1 Å². The van der Waals surface area contributed by atoms with Crippen LogP contribution in [-0.4, -0.2) is 25.2 Å². The fourth-order valence-corrected chi connectivity index (χ4v) is 4.15. The molecule has 7 heteroatoms. The van der Waals surface area contributed by atoms with Gasteiger partial charge in [-0.05, 0) is 69.7 Å². The van der Waals surface area contributed by atoms with Gasteiger partial charge in [0.2, 0.25) is 0 Å². The molecule has 0 atom stereocenters. The second kappa shape index (κ2) is 8.51. The van der Waals surface area contributed by atoms with E-state index in [9.17, 15) is 9.18 Å². The molecule has 1 amide bonds. The predicted molar refractivity (Wildman–Crippen MR) is 136 cm³/mol. The van der Waals surface area contributed by atoms with E-state index in [-0.39, 0.29) is 17.3 Å². The monoisotopic (exact) mass is 467 g/mol. The highest BCUT2D eigenvalue weighted by Crippen LogP contribution is 2.29. The first-order chi connectivity index (χ1) is 16.7. The van der Waals surface area contributed by atoms with Crippen molar-refractivity contribution in [3.05, 3.63) is 96.1 Å². The van der Waals surface area contributed by atoms with Gasteiger partial charge in [-0.1, -0.05) is 30.3 Å². The summed E-state index contributed by atoms with van der Waals surface area (Å²) in [5.41, 5.74) is 5.18. The van der Waals surface area contributed by atoms with Crippen LogP contribution in [-0.2, 0) is 5.54 Å². The van der Waals surface area contributed by atoms with Crippen LogP contribution >= 0.6 is 0 Å². The van der Waals surface area contributed by atoms with Gasteiger partial charge in [0.15, 0.2) is 0 Å². The highest BCUT2D eigenvalue weighted by molar-refractivity contribution is 6.05. The maximum absolute atomic E-state index is 13.7. The maximum atomic E-state index is 13.7. The summed E-state index contributed by atoms with van der Waals surface area (Å²) >= 11 is 0. The molecule has 5 rings (SSSR count). The van der Waals surface area contributed by atoms with E-state index in [1.807, 2.05) is 74.8 Å². The number of hydrogen-bond donors (Lipinski definition) is 1. The van der Waals surface area contributed by atoms with Crippen molar-refractivity contribution in [3.63, 3.8) is 0 Å². The number of amides is 1. The molecule has 0 saturated heterocycles. The van der Waals surface area contributed by atoms with Crippen LogP contribution in [0.3, 0.4) is 0 Å². The van der Waals surface area contributed by atoms with Crippen molar-refractivity contribution in [2.45, 2.75) is 33.2 Å². The number of aryl methyl sites for hydroxylation is 1. The van der Waals surface area contributed by atoms with Crippen LogP contribution < -0.4 is 5.32 Å². The first-order valence-corrected chi connectivity index (χ1v) is 11.4. The third kappa shape index (κ3) is 4.33. The van der Waals surface area contributed by atoms with E-state index in [0.29, 0.717) is 22.6 Å². The number of carbonyl (C=O) groups excluding carboxylic acids is 1. The van der Waals surface area contributed by atoms with Gasteiger partial charge >= 0.3 is 0 Å². The topological polar surface area (TPSA) is 64.7 Å². The van der Waals surface area contributed by atoms with Gasteiger partial charge in [0.05, 0.1) is 28.0 Å². The second-order valence-electron chi connectivity index (χ2n) is 9.56. The van der Waals surface area contributed by atoms with E-state index in [0.717, 1.165) is 22.3 Å². The minimum Gasteiger partial charge on any atom is -0.307 e. The molecule has 0 saturated carbocycles. The summed E-state index contributed by atoms with van der Waals surface area (Å²) in [4.78, 5) is 17.7. The zero-order valence-corrected chi connectivity index (χ0v) is 20.1. The van der Waals surface area contributed by atoms with E-state index >= 15 is 0 Å². The van der Waals surface area contributed by atoms with Gasteiger partial charge in [0.1, 0.15) is 18.0 Å². The fourth-order valence-electron chi connectivity index (χ4n) is 4.15. The molecule has 0 aliphatic rings. The third-order valence-corrected chi connectivity index (χ3v) is 5.90. The SMILES string of the molecule is Cc1ccccc1-c1cc(NC(=O)c2ccc3c(c2)ncn3-c2cccc(F)c2)n(C(C)(C)C)n1. The van der Waals surface area contributed by atoms with Crippen LogP contribution in [0, 0.1) is 12.7 Å². The highest BCUT2D eigenvalue weighted by atomic mass is 19.1. The Bertz CT molecular complexity index is 1560. The zero-order chi connectivity index (χ0) is 24.7. The molecule has 3 aromatic carbocycles. The Morgan fingerprint density at radius 1 is 0.971 bits per heavy atom. The number of nitrogens with one attached hydrogen (secondary N) is 1. The fraction of sp³-hybridized carbons (Fsp3) is 0.179. The van der Waals surface area contributed by atoms with Crippen LogP contribution in [0.25, 0.3) is 28.0 Å². The molecule has 35 heavy (non-hydrogen) atoms. The molecule has 0 bridgehead atoms. The van der Waals surface area contributed by atoms with Gasteiger partial charge in [-0.25, -0.2) is 14.1 Å². The summed E-state index contributed by atoms with van der Waals surface area (Å²) in [5.74, 6) is 0.0425. The highest BCUT2D eigenvalue weighted by Gasteiger charge is 2.22. The summed E-state index contributed by atoms with van der Waals surface area (Å²) in [6.07, 6.45) is 1.63. The summed E-state index contributed by atoms with van der Waals surface area (Å²) < 4.78 is 17.3. The lowest BCUT2D eigenvalue weighted by Gasteiger charge is -2.22. The van der Waals surface area contributed by atoms with E-state index < -0.39 is 0 Å². The minimum absolute atomic E-state index is 0.256. The van der Waals surface area contributed by atoms with Crippen molar-refractivity contribution >= 4 is 22.8 Å². The number of fused-ring (bicyclic) bond motifs is 1. The number of rotatable bonds is 4. The smallest absolute Gasteiger partial charge is 0.256 e. The van der Waals surface area contributed by atoms with Gasteiger partial charge in [-0.15, -0.1) is 0 Å². The Hall–Kier alpha value is -4.26. The predicted octanol–water partition coefficient (Wildman–Crippen LogP) is 6.34. The molecule has 0 radical (unpaired) electrons. The first kappa shape index (κ1) is 22.5. The molecule has 176 valence electrons.